The SMILES string of the molecule is Cc1ccc(C(=O)NNC(=O)c2ccc(CSc3nncn3C)cc2)cc1NC(=O)c1ccco1. The molecule has 11 heteroatoms. The molecular formula is C24H22N6O4S. The molecule has 3 N–H and O–H groups in total. The van der Waals surface area contributed by atoms with Crippen LogP contribution in [0, 0.1) is 6.92 Å². The first-order valence-corrected chi connectivity index (χ1v) is 11.5. The fraction of sp³-hybridized carbons (Fsp3) is 0.125. The van der Waals surface area contributed by atoms with Gasteiger partial charge in [0, 0.05) is 29.6 Å². The largest absolute Gasteiger partial charge is 0.459 e. The molecule has 0 saturated carbocycles. The lowest BCUT2D eigenvalue weighted by molar-refractivity contribution is 0.0846. The number of rotatable bonds is 7. The number of anilines is 1. The lowest BCUT2D eigenvalue weighted by Gasteiger charge is -2.11. The lowest BCUT2D eigenvalue weighted by atomic mass is 10.1. The Morgan fingerprint density at radius 2 is 1.69 bits per heavy atom. The minimum absolute atomic E-state index is 0.157. The van der Waals surface area contributed by atoms with Crippen molar-refractivity contribution in [3.63, 3.8) is 0 Å². The predicted octanol–water partition coefficient (Wildman–Crippen LogP) is 3.34. The quantitative estimate of drug-likeness (QED) is 0.267. The highest BCUT2D eigenvalue weighted by Crippen LogP contribution is 2.20. The molecule has 3 amide bonds. The zero-order valence-corrected chi connectivity index (χ0v) is 19.8. The first kappa shape index (κ1) is 23.8. The zero-order chi connectivity index (χ0) is 24.8. The van der Waals surface area contributed by atoms with Gasteiger partial charge in [-0.05, 0) is 54.4 Å². The van der Waals surface area contributed by atoms with Crippen LogP contribution in [-0.2, 0) is 12.8 Å². The Bertz CT molecular complexity index is 1350. The Balaban J connectivity index is 1.32. The van der Waals surface area contributed by atoms with Gasteiger partial charge in [-0.1, -0.05) is 30.0 Å². The second kappa shape index (κ2) is 10.7. The van der Waals surface area contributed by atoms with E-state index in [-0.39, 0.29) is 11.3 Å². The van der Waals surface area contributed by atoms with E-state index in [4.69, 9.17) is 4.42 Å². The molecule has 0 saturated heterocycles. The summed E-state index contributed by atoms with van der Waals surface area (Å²) in [6.07, 6.45) is 3.04. The number of hydrogen-bond donors (Lipinski definition) is 3. The molecule has 10 nitrogen and oxygen atoms in total. The Morgan fingerprint density at radius 3 is 2.34 bits per heavy atom. The van der Waals surface area contributed by atoms with Crippen LogP contribution in [0.5, 0.6) is 0 Å². The molecule has 0 radical (unpaired) electrons. The van der Waals surface area contributed by atoms with Crippen molar-refractivity contribution in [1.29, 1.82) is 0 Å². The van der Waals surface area contributed by atoms with Gasteiger partial charge in [-0.2, -0.15) is 0 Å². The summed E-state index contributed by atoms with van der Waals surface area (Å²) in [5.74, 6) is -0.572. The number of benzene rings is 2. The normalized spacial score (nSPS) is 10.6. The van der Waals surface area contributed by atoms with E-state index in [0.717, 1.165) is 16.3 Å². The fourth-order valence-electron chi connectivity index (χ4n) is 3.05. The van der Waals surface area contributed by atoms with Crippen molar-refractivity contribution in [3.8, 4) is 0 Å². The highest BCUT2D eigenvalue weighted by Gasteiger charge is 2.14. The Morgan fingerprint density at radius 1 is 0.971 bits per heavy atom. The van der Waals surface area contributed by atoms with E-state index in [9.17, 15) is 14.4 Å². The number of aryl methyl sites for hydroxylation is 2. The first-order valence-electron chi connectivity index (χ1n) is 10.5. The summed E-state index contributed by atoms with van der Waals surface area (Å²) in [5.41, 5.74) is 7.71. The topological polar surface area (TPSA) is 131 Å². The van der Waals surface area contributed by atoms with Crippen LogP contribution in [0.25, 0.3) is 0 Å². The van der Waals surface area contributed by atoms with E-state index in [2.05, 4.69) is 26.4 Å². The highest BCUT2D eigenvalue weighted by atomic mass is 32.2. The van der Waals surface area contributed by atoms with Crippen molar-refractivity contribution < 1.29 is 18.8 Å². The summed E-state index contributed by atoms with van der Waals surface area (Å²) in [7, 11) is 1.87. The van der Waals surface area contributed by atoms with E-state index in [0.29, 0.717) is 17.0 Å². The van der Waals surface area contributed by atoms with Gasteiger partial charge in [-0.3, -0.25) is 25.2 Å². The van der Waals surface area contributed by atoms with Crippen molar-refractivity contribution in [1.82, 2.24) is 25.6 Å². The van der Waals surface area contributed by atoms with Gasteiger partial charge in [-0.15, -0.1) is 10.2 Å². The van der Waals surface area contributed by atoms with Crippen molar-refractivity contribution in [2.45, 2.75) is 17.8 Å². The molecule has 0 aliphatic rings. The number of carbonyl (C=O) groups excluding carboxylic acids is 3. The molecule has 2 heterocycles. The summed E-state index contributed by atoms with van der Waals surface area (Å²) in [6.45, 7) is 1.80. The van der Waals surface area contributed by atoms with Gasteiger partial charge in [0.1, 0.15) is 6.33 Å². The third-order valence-electron chi connectivity index (χ3n) is 5.04. The number of carbonyl (C=O) groups is 3. The highest BCUT2D eigenvalue weighted by molar-refractivity contribution is 7.98. The first-order chi connectivity index (χ1) is 16.9. The van der Waals surface area contributed by atoms with Crippen LogP contribution in [0.1, 0.15) is 42.4 Å². The van der Waals surface area contributed by atoms with Gasteiger partial charge < -0.3 is 14.3 Å². The van der Waals surface area contributed by atoms with Gasteiger partial charge >= 0.3 is 0 Å². The molecule has 4 aromatic rings. The number of furan rings is 1. The number of aromatic nitrogens is 3. The van der Waals surface area contributed by atoms with Crippen LogP contribution < -0.4 is 16.2 Å². The lowest BCUT2D eigenvalue weighted by Crippen LogP contribution is -2.41. The molecule has 0 bridgehead atoms. The third-order valence-corrected chi connectivity index (χ3v) is 6.14. The molecule has 2 aromatic heterocycles. The van der Waals surface area contributed by atoms with Gasteiger partial charge in [-0.25, -0.2) is 0 Å². The molecule has 0 fully saturated rings. The Hall–Kier alpha value is -4.38. The monoisotopic (exact) mass is 490 g/mol. The maximum Gasteiger partial charge on any atom is 0.291 e. The molecule has 178 valence electrons. The van der Waals surface area contributed by atoms with E-state index >= 15 is 0 Å². The van der Waals surface area contributed by atoms with Gasteiger partial charge in [0.2, 0.25) is 0 Å². The van der Waals surface area contributed by atoms with Crippen LogP contribution >= 0.6 is 11.8 Å². The summed E-state index contributed by atoms with van der Waals surface area (Å²) < 4.78 is 6.92. The summed E-state index contributed by atoms with van der Waals surface area (Å²) in [5, 5.41) is 11.4. The van der Waals surface area contributed by atoms with Crippen LogP contribution in [0.4, 0.5) is 5.69 Å². The zero-order valence-electron chi connectivity index (χ0n) is 18.9. The van der Waals surface area contributed by atoms with Gasteiger partial charge in [0.05, 0.1) is 6.26 Å². The van der Waals surface area contributed by atoms with E-state index in [1.807, 2.05) is 23.7 Å². The van der Waals surface area contributed by atoms with Crippen LogP contribution in [-0.4, -0.2) is 32.5 Å². The molecule has 0 unspecified atom stereocenters. The molecule has 0 atom stereocenters. The smallest absolute Gasteiger partial charge is 0.291 e. The van der Waals surface area contributed by atoms with Crippen molar-refractivity contribution >= 4 is 35.2 Å². The van der Waals surface area contributed by atoms with Crippen molar-refractivity contribution in [3.05, 3.63) is 95.2 Å². The van der Waals surface area contributed by atoms with E-state index in [1.54, 1.807) is 49.6 Å². The van der Waals surface area contributed by atoms with Crippen LogP contribution in [0.3, 0.4) is 0 Å². The van der Waals surface area contributed by atoms with Crippen molar-refractivity contribution in [2.75, 3.05) is 5.32 Å². The molecule has 0 aliphatic carbocycles. The molecule has 0 aliphatic heterocycles. The second-order valence-corrected chi connectivity index (χ2v) is 8.52. The maximum atomic E-state index is 12.6. The standard InChI is InChI=1S/C24H22N6O4S/c1-15-5-8-18(12-19(15)26-23(33)20-4-3-11-34-20)22(32)28-27-21(31)17-9-6-16(7-10-17)13-35-24-29-25-14-30(24)2/h3-12,14H,13H2,1-2H3,(H,26,33)(H,27,31)(H,28,32). The second-order valence-electron chi connectivity index (χ2n) is 7.58. The average Bonchev–Trinajstić information content (AvgIpc) is 3.55. The summed E-state index contributed by atoms with van der Waals surface area (Å²) >= 11 is 1.54. The van der Waals surface area contributed by atoms with Crippen LogP contribution in [0.15, 0.2) is 76.8 Å². The van der Waals surface area contributed by atoms with Gasteiger partial charge in [0.25, 0.3) is 17.7 Å². The maximum absolute atomic E-state index is 12.6. The predicted molar refractivity (Wildman–Crippen MR) is 130 cm³/mol. The Kier molecular flexibility index (Phi) is 7.27. The fourth-order valence-corrected chi connectivity index (χ4v) is 3.89. The number of hydrazine groups is 1. The molecule has 2 aromatic carbocycles. The minimum Gasteiger partial charge on any atom is -0.459 e. The Labute approximate surface area is 205 Å². The van der Waals surface area contributed by atoms with Crippen LogP contribution in [0.2, 0.25) is 0 Å². The van der Waals surface area contributed by atoms with Crippen molar-refractivity contribution in [2.24, 2.45) is 7.05 Å². The molecular weight excluding hydrogens is 468 g/mol. The molecule has 4 rings (SSSR count). The number of thioether (sulfide) groups is 1. The summed E-state index contributed by atoms with van der Waals surface area (Å²) in [6, 6.07) is 15.0. The van der Waals surface area contributed by atoms with E-state index < -0.39 is 17.7 Å². The third kappa shape index (κ3) is 5.95. The average molecular weight is 491 g/mol. The number of nitrogens with zero attached hydrogens (tertiary/aromatic N) is 3. The minimum atomic E-state index is -0.524. The number of nitrogens with one attached hydrogen (secondary N) is 3. The molecule has 35 heavy (non-hydrogen) atoms. The number of amides is 3. The van der Waals surface area contributed by atoms with E-state index in [1.165, 1.54) is 24.1 Å². The summed E-state index contributed by atoms with van der Waals surface area (Å²) in [4.78, 5) is 37.3. The molecule has 0 spiro atoms. The van der Waals surface area contributed by atoms with Gasteiger partial charge in [0.15, 0.2) is 10.9 Å². The number of hydrogen-bond acceptors (Lipinski definition) is 7.